The number of hydrogen-bond donors (Lipinski definition) is 0. The molecule has 1 heterocycles. The van der Waals surface area contributed by atoms with Crippen LogP contribution in [0.4, 0.5) is 0 Å². The first kappa shape index (κ1) is 18.3. The zero-order chi connectivity index (χ0) is 17.4. The lowest BCUT2D eigenvalue weighted by Gasteiger charge is -2.32. The van der Waals surface area contributed by atoms with Crippen LogP contribution in [0.1, 0.15) is 13.3 Å². The summed E-state index contributed by atoms with van der Waals surface area (Å²) < 4.78 is 18.0. The predicted octanol–water partition coefficient (Wildman–Crippen LogP) is 3.32. The van der Waals surface area contributed by atoms with Crippen molar-refractivity contribution in [3.05, 3.63) is 91.4 Å². The zero-order valence-electron chi connectivity index (χ0n) is 14.1. The van der Waals surface area contributed by atoms with E-state index in [2.05, 4.69) is 26.7 Å². The van der Waals surface area contributed by atoms with Gasteiger partial charge in [0, 0.05) is 0 Å². The third-order valence-electron chi connectivity index (χ3n) is 3.58. The minimum Gasteiger partial charge on any atom is -0.445 e. The molecular formula is C18H21B3O3. The molecule has 1 aliphatic heterocycles. The van der Waals surface area contributed by atoms with Gasteiger partial charge in [-0.05, 0) is 22.8 Å². The van der Waals surface area contributed by atoms with Gasteiger partial charge in [0.2, 0.25) is 0 Å². The Bertz CT molecular complexity index is 640. The monoisotopic (exact) mass is 318 g/mol. The van der Waals surface area contributed by atoms with E-state index in [0.717, 1.165) is 22.8 Å². The van der Waals surface area contributed by atoms with Crippen molar-refractivity contribution in [2.24, 2.45) is 0 Å². The van der Waals surface area contributed by atoms with Gasteiger partial charge in [0.25, 0.3) is 0 Å². The Kier molecular flexibility index (Phi) is 7.13. The second-order valence-electron chi connectivity index (χ2n) is 5.24. The first-order chi connectivity index (χ1) is 11.7. The molecule has 6 heteroatoms. The highest BCUT2D eigenvalue weighted by atomic mass is 16.7. The van der Waals surface area contributed by atoms with Crippen molar-refractivity contribution >= 4 is 26.8 Å². The summed E-state index contributed by atoms with van der Waals surface area (Å²) in [6, 6.07) is 9.78. The van der Waals surface area contributed by atoms with E-state index >= 15 is 0 Å². The van der Waals surface area contributed by atoms with E-state index in [4.69, 9.17) is 13.7 Å². The topological polar surface area (TPSA) is 27.7 Å². The summed E-state index contributed by atoms with van der Waals surface area (Å²) in [4.78, 5) is 0. The van der Waals surface area contributed by atoms with Crippen molar-refractivity contribution in [1.82, 2.24) is 0 Å². The lowest BCUT2D eigenvalue weighted by Crippen LogP contribution is -2.55. The van der Waals surface area contributed by atoms with Gasteiger partial charge in [-0.25, -0.2) is 0 Å². The summed E-state index contributed by atoms with van der Waals surface area (Å²) in [6.07, 6.45) is 9.86. The Morgan fingerprint density at radius 3 is 2.12 bits per heavy atom. The van der Waals surface area contributed by atoms with Gasteiger partial charge in [-0.2, -0.15) is 0 Å². The molecule has 2 rings (SSSR count). The van der Waals surface area contributed by atoms with Crippen LogP contribution >= 0.6 is 0 Å². The minimum atomic E-state index is -0.593. The van der Waals surface area contributed by atoms with Crippen LogP contribution in [0.5, 0.6) is 0 Å². The summed E-state index contributed by atoms with van der Waals surface area (Å²) in [5, 5.41) is 0. The maximum absolute atomic E-state index is 6.01. The first-order valence-electron chi connectivity index (χ1n) is 8.02. The lowest BCUT2D eigenvalue weighted by atomic mass is 9.60. The highest BCUT2D eigenvalue weighted by molar-refractivity contribution is 6.83. The molecule has 0 spiro atoms. The van der Waals surface area contributed by atoms with E-state index in [9.17, 15) is 0 Å². The Balaban J connectivity index is 2.34. The van der Waals surface area contributed by atoms with Crippen LogP contribution in [-0.2, 0) is 13.7 Å². The molecular weight excluding hydrogens is 297 g/mol. The molecule has 0 aliphatic carbocycles. The van der Waals surface area contributed by atoms with E-state index in [1.807, 2.05) is 42.5 Å². The van der Waals surface area contributed by atoms with Gasteiger partial charge in [-0.15, -0.1) is 0 Å². The molecule has 0 bridgehead atoms. The lowest BCUT2D eigenvalue weighted by molar-refractivity contribution is 0.303. The van der Waals surface area contributed by atoms with Gasteiger partial charge in [0.15, 0.2) is 0 Å². The molecule has 0 radical (unpaired) electrons. The van der Waals surface area contributed by atoms with E-state index in [1.54, 1.807) is 18.2 Å². The third kappa shape index (κ3) is 4.51. The molecule has 1 aliphatic rings. The molecule has 0 aromatic heterocycles. The van der Waals surface area contributed by atoms with Crippen LogP contribution in [0.2, 0.25) is 0 Å². The van der Waals surface area contributed by atoms with Gasteiger partial charge in [0.1, 0.15) is 0 Å². The van der Waals surface area contributed by atoms with E-state index in [0.29, 0.717) is 0 Å². The highest BCUT2D eigenvalue weighted by Gasteiger charge is 2.43. The molecule has 0 amide bonds. The molecule has 24 heavy (non-hydrogen) atoms. The fourth-order valence-corrected chi connectivity index (χ4v) is 2.40. The maximum Gasteiger partial charge on any atom is 0.467 e. The first-order valence-corrected chi connectivity index (χ1v) is 8.02. The Morgan fingerprint density at radius 2 is 1.58 bits per heavy atom. The third-order valence-corrected chi connectivity index (χ3v) is 3.58. The average Bonchev–Trinajstić information content (AvgIpc) is 2.64. The fourth-order valence-electron chi connectivity index (χ4n) is 2.40. The van der Waals surface area contributed by atoms with Crippen molar-refractivity contribution in [3.8, 4) is 0 Å². The van der Waals surface area contributed by atoms with Gasteiger partial charge in [0.05, 0.1) is 0 Å². The van der Waals surface area contributed by atoms with Crippen LogP contribution in [0.15, 0.2) is 91.4 Å². The largest absolute Gasteiger partial charge is 0.467 e. The molecule has 0 unspecified atom stereocenters. The Labute approximate surface area is 145 Å². The molecule has 1 aromatic carbocycles. The van der Waals surface area contributed by atoms with E-state index < -0.39 is 21.4 Å². The fraction of sp³-hybridized carbons (Fsp3) is 0.111. The Hall–Kier alpha value is -2.01. The van der Waals surface area contributed by atoms with Crippen LogP contribution < -0.4 is 5.46 Å². The molecule has 1 aromatic rings. The zero-order valence-corrected chi connectivity index (χ0v) is 14.1. The predicted molar refractivity (Wildman–Crippen MR) is 104 cm³/mol. The summed E-state index contributed by atoms with van der Waals surface area (Å²) in [6.45, 7) is 13.5. The molecule has 0 saturated carbocycles. The second-order valence-corrected chi connectivity index (χ2v) is 5.24. The molecule has 3 nitrogen and oxygen atoms in total. The smallest absolute Gasteiger partial charge is 0.445 e. The number of hydrogen-bond acceptors (Lipinski definition) is 3. The normalized spacial score (nSPS) is 16.1. The molecule has 0 atom stereocenters. The number of rotatable bonds is 7. The molecule has 1 saturated heterocycles. The van der Waals surface area contributed by atoms with Gasteiger partial charge in [-0.1, -0.05) is 87.4 Å². The van der Waals surface area contributed by atoms with Gasteiger partial charge in [-0.3, -0.25) is 0 Å². The van der Waals surface area contributed by atoms with Crippen LogP contribution in [0, 0.1) is 0 Å². The highest BCUT2D eigenvalue weighted by Crippen LogP contribution is 2.20. The standard InChI is InChI=1S/C18H21B3O3/c1-5-12-16(7-3)19-22-20(17(8-4)13-6-2)24-21(23-19)18-14-10-9-11-15-18/h5,7-15H,1,3-4,6H2,2H3/b16-12+,17-13+. The molecule has 0 N–H and O–H groups in total. The average molecular weight is 318 g/mol. The second kappa shape index (κ2) is 9.33. The SMILES string of the molecule is C=C/C=C(\C=C)B1OB(/C(C=C)=C/CC)OB(c2ccccc2)O1. The van der Waals surface area contributed by atoms with Crippen LogP contribution in [0.3, 0.4) is 0 Å². The van der Waals surface area contributed by atoms with Gasteiger partial charge < -0.3 is 13.7 Å². The Morgan fingerprint density at radius 1 is 0.958 bits per heavy atom. The molecule has 1 fully saturated rings. The summed E-state index contributed by atoms with van der Waals surface area (Å²) in [5.74, 6) is 0. The number of benzene rings is 1. The van der Waals surface area contributed by atoms with E-state index in [-0.39, 0.29) is 0 Å². The number of allylic oxidation sites excluding steroid dienone is 7. The van der Waals surface area contributed by atoms with E-state index in [1.165, 1.54) is 0 Å². The van der Waals surface area contributed by atoms with Crippen molar-refractivity contribution < 1.29 is 13.7 Å². The van der Waals surface area contributed by atoms with Crippen LogP contribution in [-0.4, -0.2) is 21.4 Å². The van der Waals surface area contributed by atoms with Crippen molar-refractivity contribution in [1.29, 1.82) is 0 Å². The van der Waals surface area contributed by atoms with Crippen molar-refractivity contribution in [2.45, 2.75) is 13.3 Å². The summed E-state index contributed by atoms with van der Waals surface area (Å²) >= 11 is 0. The quantitative estimate of drug-likeness (QED) is 0.570. The minimum absolute atomic E-state index is 0.539. The maximum atomic E-state index is 6.01. The summed E-state index contributed by atoms with van der Waals surface area (Å²) in [7, 11) is -1.69. The van der Waals surface area contributed by atoms with Gasteiger partial charge >= 0.3 is 21.4 Å². The van der Waals surface area contributed by atoms with Crippen molar-refractivity contribution in [2.75, 3.05) is 0 Å². The van der Waals surface area contributed by atoms with Crippen molar-refractivity contribution in [3.63, 3.8) is 0 Å². The van der Waals surface area contributed by atoms with Crippen LogP contribution in [0.25, 0.3) is 0 Å². The summed E-state index contributed by atoms with van der Waals surface area (Å²) in [5.41, 5.74) is 2.60. The molecule has 120 valence electrons.